The van der Waals surface area contributed by atoms with Crippen LogP contribution >= 0.6 is 11.3 Å². The Bertz CT molecular complexity index is 2210. The van der Waals surface area contributed by atoms with Crippen LogP contribution < -0.4 is 11.1 Å². The maximum absolute atomic E-state index is 12.8. The predicted octanol–water partition coefficient (Wildman–Crippen LogP) is 3.27. The molecular weight excluding hydrogens is 663 g/mol. The zero-order valence-corrected chi connectivity index (χ0v) is 25.6. The first-order chi connectivity index (χ1) is 20.3. The van der Waals surface area contributed by atoms with E-state index in [1.165, 1.54) is 25.1 Å². The van der Waals surface area contributed by atoms with Crippen molar-refractivity contribution in [2.75, 3.05) is 11.1 Å². The van der Waals surface area contributed by atoms with E-state index in [4.69, 9.17) is 5.73 Å². The van der Waals surface area contributed by atoms with Gasteiger partial charge in [-0.05, 0) is 61.9 Å². The van der Waals surface area contributed by atoms with E-state index in [2.05, 4.69) is 20.5 Å². The van der Waals surface area contributed by atoms with Gasteiger partial charge in [-0.15, -0.1) is 11.3 Å². The molecule has 3 aromatic carbocycles. The predicted molar refractivity (Wildman–Crippen MR) is 158 cm³/mol. The molecule has 0 radical (unpaired) electrons. The van der Waals surface area contributed by atoms with Crippen LogP contribution in [-0.4, -0.2) is 61.6 Å². The Morgan fingerprint density at radius 1 is 0.909 bits per heavy atom. The zero-order chi connectivity index (χ0) is 32.8. The minimum Gasteiger partial charge on any atom is -0.399 e. The fourth-order valence-electron chi connectivity index (χ4n) is 3.95. The van der Waals surface area contributed by atoms with E-state index in [9.17, 15) is 48.5 Å². The van der Waals surface area contributed by atoms with Crippen molar-refractivity contribution in [2.24, 2.45) is 10.2 Å². The van der Waals surface area contributed by atoms with Crippen molar-refractivity contribution in [2.45, 2.75) is 34.6 Å². The number of anilines is 2. The van der Waals surface area contributed by atoms with Gasteiger partial charge in [-0.25, -0.2) is 4.98 Å². The number of thiazole rings is 1. The van der Waals surface area contributed by atoms with Gasteiger partial charge in [-0.2, -0.15) is 35.5 Å². The van der Waals surface area contributed by atoms with Gasteiger partial charge in [0.1, 0.15) is 30.9 Å². The van der Waals surface area contributed by atoms with Gasteiger partial charge in [0.25, 0.3) is 36.3 Å². The lowest BCUT2D eigenvalue weighted by molar-refractivity contribution is -0.126. The van der Waals surface area contributed by atoms with Crippen LogP contribution in [0.4, 0.5) is 17.1 Å². The number of fused-ring (bicyclic) bond motifs is 1. The second kappa shape index (κ2) is 11.7. The molecule has 16 nitrogen and oxygen atoms in total. The molecule has 6 N–H and O–H groups in total. The maximum atomic E-state index is 12.8. The van der Waals surface area contributed by atoms with E-state index in [-0.39, 0.29) is 27.3 Å². The molecule has 1 unspecified atom stereocenters. The summed E-state index contributed by atoms with van der Waals surface area (Å²) in [5, 5.41) is 9.51. The van der Waals surface area contributed by atoms with Gasteiger partial charge in [0, 0.05) is 11.3 Å². The number of amides is 1. The average molecular weight is 684 g/mol. The summed E-state index contributed by atoms with van der Waals surface area (Å²) in [5.41, 5.74) is 4.81. The molecular formula is C24H21N5O11S4. The Labute approximate surface area is 253 Å². The standard InChI is InChI=1S/C24H21N5O11S4/c1-11-3-8-17-21(22(11)44(38,39)40)27-24(41-17)13-4-6-16(18(9-13)42(32,33)34)28-29-20(12(2)30)23(31)26-15-7-5-14(25)10-19(15)43(35,36)37/h3-10,20H,25H2,1-2H3,(H,26,31)(H,32,33,34)(H,35,36,37)(H,38,39,40). The maximum Gasteiger partial charge on any atom is 0.296 e. The number of aryl methyl sites for hydroxylation is 1. The number of hydrogen-bond donors (Lipinski definition) is 5. The quantitative estimate of drug-likeness (QED) is 0.0734. The lowest BCUT2D eigenvalue weighted by atomic mass is 10.2. The van der Waals surface area contributed by atoms with Crippen molar-refractivity contribution in [3.8, 4) is 10.6 Å². The summed E-state index contributed by atoms with van der Waals surface area (Å²) in [7, 11) is -14.5. The van der Waals surface area contributed by atoms with E-state index in [0.717, 1.165) is 42.5 Å². The highest BCUT2D eigenvalue weighted by atomic mass is 32.2. The van der Waals surface area contributed by atoms with Crippen LogP contribution in [0.3, 0.4) is 0 Å². The number of ketones is 1. The van der Waals surface area contributed by atoms with E-state index in [1.807, 2.05) is 0 Å². The highest BCUT2D eigenvalue weighted by Gasteiger charge is 2.27. The zero-order valence-electron chi connectivity index (χ0n) is 22.4. The van der Waals surface area contributed by atoms with Gasteiger partial charge in [-0.3, -0.25) is 23.2 Å². The van der Waals surface area contributed by atoms with Gasteiger partial charge in [0.05, 0.1) is 10.4 Å². The first-order valence-corrected chi connectivity index (χ1v) is 17.0. The van der Waals surface area contributed by atoms with Crippen molar-refractivity contribution in [3.05, 3.63) is 54.1 Å². The van der Waals surface area contributed by atoms with E-state index in [1.54, 1.807) is 6.07 Å². The molecule has 1 atom stereocenters. The third kappa shape index (κ3) is 6.96. The monoisotopic (exact) mass is 683 g/mol. The SMILES string of the molecule is CC(=O)C(N=Nc1ccc(-c2nc3c(S(=O)(=O)O)c(C)ccc3s2)cc1S(=O)(=O)O)C(=O)Nc1ccc(N)cc1S(=O)(=O)O. The summed E-state index contributed by atoms with van der Waals surface area (Å²) in [6, 6.07) is 7.56. The minimum atomic E-state index is -5.00. The summed E-state index contributed by atoms with van der Waals surface area (Å²) in [6.45, 7) is 2.41. The Kier molecular flexibility index (Phi) is 8.72. The molecule has 0 aliphatic heterocycles. The molecule has 0 spiro atoms. The number of carbonyl (C=O) groups excluding carboxylic acids is 2. The molecule has 4 rings (SSSR count). The lowest BCUT2D eigenvalue weighted by Crippen LogP contribution is -2.32. The number of nitrogens with one attached hydrogen (secondary N) is 1. The molecule has 232 valence electrons. The summed E-state index contributed by atoms with van der Waals surface area (Å²) in [6.07, 6.45) is 0. The van der Waals surface area contributed by atoms with Crippen LogP contribution in [0, 0.1) is 6.92 Å². The smallest absolute Gasteiger partial charge is 0.296 e. The lowest BCUT2D eigenvalue weighted by Gasteiger charge is -2.12. The first-order valence-electron chi connectivity index (χ1n) is 11.9. The van der Waals surface area contributed by atoms with E-state index in [0.29, 0.717) is 4.70 Å². The van der Waals surface area contributed by atoms with Crippen LogP contribution in [-0.2, 0) is 39.9 Å². The number of hydrogen-bond acceptors (Lipinski definition) is 13. The van der Waals surface area contributed by atoms with Crippen molar-refractivity contribution in [1.29, 1.82) is 0 Å². The molecule has 1 heterocycles. The van der Waals surface area contributed by atoms with E-state index >= 15 is 0 Å². The third-order valence-electron chi connectivity index (χ3n) is 5.91. The highest BCUT2D eigenvalue weighted by molar-refractivity contribution is 7.86. The fourth-order valence-corrected chi connectivity index (χ4v) is 7.19. The van der Waals surface area contributed by atoms with Crippen molar-refractivity contribution in [1.82, 2.24) is 4.98 Å². The van der Waals surface area contributed by atoms with Crippen molar-refractivity contribution < 1.29 is 48.5 Å². The molecule has 20 heteroatoms. The Hall–Kier alpha value is -4.18. The van der Waals surface area contributed by atoms with Gasteiger partial charge in [-0.1, -0.05) is 6.07 Å². The normalized spacial score (nSPS) is 13.3. The summed E-state index contributed by atoms with van der Waals surface area (Å²) < 4.78 is 101. The Morgan fingerprint density at radius 3 is 2.16 bits per heavy atom. The number of azo groups is 1. The molecule has 0 fully saturated rings. The number of nitrogen functional groups attached to an aromatic ring is 1. The second-order valence-corrected chi connectivity index (χ2v) is 14.3. The van der Waals surface area contributed by atoms with Crippen LogP contribution in [0.15, 0.2) is 73.4 Å². The number of aromatic nitrogens is 1. The van der Waals surface area contributed by atoms with Gasteiger partial charge >= 0.3 is 0 Å². The number of rotatable bonds is 9. The van der Waals surface area contributed by atoms with Gasteiger partial charge in [0.15, 0.2) is 5.78 Å². The molecule has 0 aliphatic rings. The highest BCUT2D eigenvalue weighted by Crippen LogP contribution is 2.37. The number of benzene rings is 3. The number of nitrogens with zero attached hydrogens (tertiary/aromatic N) is 3. The summed E-state index contributed by atoms with van der Waals surface area (Å²) >= 11 is 0.962. The van der Waals surface area contributed by atoms with Crippen LogP contribution in [0.25, 0.3) is 20.8 Å². The summed E-state index contributed by atoms with van der Waals surface area (Å²) in [5.74, 6) is -2.08. The number of Topliss-reactive ketones (excluding diaryl/α,β-unsaturated/α-hetero) is 1. The molecule has 0 saturated carbocycles. The molecule has 0 aliphatic carbocycles. The molecule has 4 aromatic rings. The van der Waals surface area contributed by atoms with Crippen LogP contribution in [0.1, 0.15) is 12.5 Å². The largest absolute Gasteiger partial charge is 0.399 e. The first kappa shape index (κ1) is 32.7. The molecule has 1 amide bonds. The molecule has 0 bridgehead atoms. The topological polar surface area (TPSA) is 273 Å². The summed E-state index contributed by atoms with van der Waals surface area (Å²) in [4.78, 5) is 27.3. The average Bonchev–Trinajstić information content (AvgIpc) is 3.31. The van der Waals surface area contributed by atoms with Gasteiger partial charge < -0.3 is 11.1 Å². The third-order valence-corrected chi connectivity index (χ3v) is 9.79. The molecule has 0 saturated heterocycles. The molecule has 1 aromatic heterocycles. The minimum absolute atomic E-state index is 0.0561. The second-order valence-electron chi connectivity index (χ2n) is 9.16. The van der Waals surface area contributed by atoms with E-state index < -0.39 is 74.1 Å². The number of carbonyl (C=O) groups is 2. The Morgan fingerprint density at radius 2 is 1.57 bits per heavy atom. The van der Waals surface area contributed by atoms with Crippen molar-refractivity contribution >= 4 is 80.7 Å². The van der Waals surface area contributed by atoms with Crippen molar-refractivity contribution in [3.63, 3.8) is 0 Å². The van der Waals surface area contributed by atoms with Crippen LogP contribution in [0.5, 0.6) is 0 Å². The fraction of sp³-hybridized carbons (Fsp3) is 0.125. The Balaban J connectivity index is 1.73. The molecule has 44 heavy (non-hydrogen) atoms. The van der Waals surface area contributed by atoms with Gasteiger partial charge in [0.2, 0.25) is 6.04 Å². The number of nitrogens with two attached hydrogens (primary N) is 1. The van der Waals surface area contributed by atoms with Crippen LogP contribution in [0.2, 0.25) is 0 Å².